The van der Waals surface area contributed by atoms with Gasteiger partial charge in [0.25, 0.3) is 11.8 Å². The van der Waals surface area contributed by atoms with Crippen molar-refractivity contribution in [3.63, 3.8) is 0 Å². The van der Waals surface area contributed by atoms with E-state index in [4.69, 9.17) is 14.2 Å². The van der Waals surface area contributed by atoms with Gasteiger partial charge in [-0.05, 0) is 35.9 Å². The molecular formula is C31H26N2O5. The molecule has 7 nitrogen and oxygen atoms in total. The molecule has 2 heterocycles. The number of carbonyl (C=O) groups is 2. The summed E-state index contributed by atoms with van der Waals surface area (Å²) in [6.45, 7) is 0.359. The molecule has 2 aliphatic rings. The highest BCUT2D eigenvalue weighted by Gasteiger charge is 2.73. The molecule has 0 saturated carbocycles. The molecule has 4 aromatic rings. The summed E-state index contributed by atoms with van der Waals surface area (Å²) in [5.74, 6) is 0.942. The molecule has 38 heavy (non-hydrogen) atoms. The van der Waals surface area contributed by atoms with Crippen LogP contribution in [0.3, 0.4) is 0 Å². The Bertz CT molecular complexity index is 1510. The van der Waals surface area contributed by atoms with Gasteiger partial charge in [0.1, 0.15) is 17.2 Å². The van der Waals surface area contributed by atoms with Crippen LogP contribution >= 0.6 is 0 Å². The molecule has 0 radical (unpaired) electrons. The van der Waals surface area contributed by atoms with Crippen LogP contribution in [0.4, 0.5) is 11.4 Å². The van der Waals surface area contributed by atoms with Gasteiger partial charge in [-0.15, -0.1) is 0 Å². The summed E-state index contributed by atoms with van der Waals surface area (Å²) in [6, 6.07) is 31.7. The summed E-state index contributed by atoms with van der Waals surface area (Å²) in [4.78, 5) is 31.8. The molecule has 2 amide bonds. The van der Waals surface area contributed by atoms with Crippen molar-refractivity contribution in [2.75, 3.05) is 24.0 Å². The maximum atomic E-state index is 14.6. The second kappa shape index (κ2) is 9.27. The molecule has 0 aromatic heterocycles. The van der Waals surface area contributed by atoms with Crippen LogP contribution in [0.25, 0.3) is 0 Å². The molecule has 7 heteroatoms. The monoisotopic (exact) mass is 506 g/mol. The normalized spacial score (nSPS) is 19.8. The molecular weight excluding hydrogens is 480 g/mol. The van der Waals surface area contributed by atoms with Crippen molar-refractivity contribution in [1.29, 1.82) is 0 Å². The number of nitrogens with zero attached hydrogens (tertiary/aromatic N) is 2. The zero-order chi connectivity index (χ0) is 26.3. The van der Waals surface area contributed by atoms with Crippen molar-refractivity contribution in [3.8, 4) is 17.2 Å². The van der Waals surface area contributed by atoms with Crippen LogP contribution in [0.1, 0.15) is 11.1 Å². The maximum Gasteiger partial charge on any atom is 0.273 e. The Morgan fingerprint density at radius 1 is 0.737 bits per heavy atom. The van der Waals surface area contributed by atoms with Crippen molar-refractivity contribution < 1.29 is 23.8 Å². The number of ether oxygens (including phenoxy) is 3. The van der Waals surface area contributed by atoms with Crippen molar-refractivity contribution in [1.82, 2.24) is 0 Å². The highest BCUT2D eigenvalue weighted by Crippen LogP contribution is 2.56. The molecule has 0 aliphatic carbocycles. The van der Waals surface area contributed by atoms with Crippen LogP contribution < -0.4 is 24.0 Å². The van der Waals surface area contributed by atoms with E-state index in [1.807, 2.05) is 72.8 Å². The van der Waals surface area contributed by atoms with E-state index < -0.39 is 11.6 Å². The minimum atomic E-state index is -1.42. The van der Waals surface area contributed by atoms with Crippen LogP contribution in [0.15, 0.2) is 103 Å². The van der Waals surface area contributed by atoms with Gasteiger partial charge in [0, 0.05) is 11.6 Å². The van der Waals surface area contributed by atoms with E-state index >= 15 is 0 Å². The average molecular weight is 507 g/mol. The molecule has 0 bridgehead atoms. The van der Waals surface area contributed by atoms with Gasteiger partial charge in [0.2, 0.25) is 11.6 Å². The zero-order valence-corrected chi connectivity index (χ0v) is 21.0. The number of rotatable bonds is 7. The van der Waals surface area contributed by atoms with E-state index in [0.29, 0.717) is 35.0 Å². The zero-order valence-electron chi connectivity index (χ0n) is 21.0. The van der Waals surface area contributed by atoms with Crippen LogP contribution in [-0.2, 0) is 21.7 Å². The smallest absolute Gasteiger partial charge is 0.273 e. The fraction of sp³-hybridized carbons (Fsp3) is 0.161. The standard InChI is InChI=1S/C31H26N2O5/c1-36-23-17-18-26(27(19-23)37-2)33-29(34)28(38-22-13-7-4-8-14-22)31(33)24-15-9-10-16-25(24)32(30(31)35)20-21-11-5-3-6-12-21/h3-19,28H,20H2,1-2H3/t28?,31-/m1/s1. The number of hydrogen-bond acceptors (Lipinski definition) is 5. The Balaban J connectivity index is 1.53. The highest BCUT2D eigenvalue weighted by molar-refractivity contribution is 6.24. The summed E-state index contributed by atoms with van der Waals surface area (Å²) in [7, 11) is 3.09. The quantitative estimate of drug-likeness (QED) is 0.332. The number of benzene rings is 4. The van der Waals surface area contributed by atoms with E-state index in [1.165, 1.54) is 12.0 Å². The molecule has 2 atom stereocenters. The number of hydrogen-bond donors (Lipinski definition) is 0. The third-order valence-corrected chi connectivity index (χ3v) is 7.16. The maximum absolute atomic E-state index is 14.6. The van der Waals surface area contributed by atoms with Gasteiger partial charge >= 0.3 is 0 Å². The predicted octanol–water partition coefficient (Wildman–Crippen LogP) is 4.94. The Kier molecular flexibility index (Phi) is 5.76. The number of para-hydroxylation sites is 2. The van der Waals surface area contributed by atoms with E-state index in [0.717, 1.165) is 11.3 Å². The van der Waals surface area contributed by atoms with Crippen LogP contribution in [-0.4, -0.2) is 32.1 Å². The molecule has 1 unspecified atom stereocenters. The number of amides is 2. The molecule has 0 N–H and O–H groups in total. The van der Waals surface area contributed by atoms with Crippen molar-refractivity contribution in [2.45, 2.75) is 18.2 Å². The van der Waals surface area contributed by atoms with Gasteiger partial charge in [-0.2, -0.15) is 0 Å². The SMILES string of the molecule is COc1ccc(N2C(=O)C(Oc3ccccc3)[C@]23C(=O)N(Cc2ccccc2)c2ccccc23)c(OC)c1. The number of β-lactam (4-membered cyclic amide) rings is 1. The van der Waals surface area contributed by atoms with E-state index in [9.17, 15) is 9.59 Å². The fourth-order valence-electron chi connectivity index (χ4n) is 5.42. The van der Waals surface area contributed by atoms with Gasteiger partial charge in [-0.1, -0.05) is 66.7 Å². The fourth-order valence-corrected chi connectivity index (χ4v) is 5.42. The van der Waals surface area contributed by atoms with Gasteiger partial charge in [-0.25, -0.2) is 0 Å². The molecule has 190 valence electrons. The van der Waals surface area contributed by atoms with Crippen LogP contribution in [0.2, 0.25) is 0 Å². The lowest BCUT2D eigenvalue weighted by molar-refractivity contribution is -0.150. The van der Waals surface area contributed by atoms with Crippen molar-refractivity contribution >= 4 is 23.2 Å². The Hall–Kier alpha value is -4.78. The third kappa shape index (κ3) is 3.43. The minimum absolute atomic E-state index is 0.235. The van der Waals surface area contributed by atoms with Crippen LogP contribution in [0.5, 0.6) is 17.2 Å². The lowest BCUT2D eigenvalue weighted by Crippen LogP contribution is -2.77. The van der Waals surface area contributed by atoms with E-state index in [-0.39, 0.29) is 11.8 Å². The summed E-state index contributed by atoms with van der Waals surface area (Å²) < 4.78 is 17.3. The lowest BCUT2D eigenvalue weighted by Gasteiger charge is -2.53. The first-order valence-electron chi connectivity index (χ1n) is 12.3. The minimum Gasteiger partial charge on any atom is -0.497 e. The largest absolute Gasteiger partial charge is 0.497 e. The number of fused-ring (bicyclic) bond motifs is 2. The molecule has 1 spiro atoms. The average Bonchev–Trinajstić information content (AvgIpc) is 3.22. The topological polar surface area (TPSA) is 68.3 Å². The second-order valence-electron chi connectivity index (χ2n) is 9.18. The molecule has 1 fully saturated rings. The first-order valence-corrected chi connectivity index (χ1v) is 12.3. The summed E-state index contributed by atoms with van der Waals surface area (Å²) in [5.41, 5.74) is 1.48. The summed E-state index contributed by atoms with van der Waals surface area (Å²) >= 11 is 0. The Morgan fingerprint density at radius 2 is 1.42 bits per heavy atom. The molecule has 1 saturated heterocycles. The second-order valence-corrected chi connectivity index (χ2v) is 9.18. The number of anilines is 2. The van der Waals surface area contributed by atoms with Gasteiger partial charge in [0.15, 0.2) is 0 Å². The Labute approximate surface area is 220 Å². The van der Waals surface area contributed by atoms with Gasteiger partial charge in [0.05, 0.1) is 32.1 Å². The van der Waals surface area contributed by atoms with Crippen LogP contribution in [0, 0.1) is 0 Å². The molecule has 2 aliphatic heterocycles. The van der Waals surface area contributed by atoms with E-state index in [1.54, 1.807) is 42.3 Å². The highest BCUT2D eigenvalue weighted by atomic mass is 16.5. The van der Waals surface area contributed by atoms with Crippen molar-refractivity contribution in [2.24, 2.45) is 0 Å². The number of carbonyl (C=O) groups excluding carboxylic acids is 2. The van der Waals surface area contributed by atoms with Crippen molar-refractivity contribution in [3.05, 3.63) is 114 Å². The third-order valence-electron chi connectivity index (χ3n) is 7.16. The van der Waals surface area contributed by atoms with Gasteiger partial charge in [-0.3, -0.25) is 14.5 Å². The van der Waals surface area contributed by atoms with E-state index in [2.05, 4.69) is 0 Å². The first kappa shape index (κ1) is 23.6. The summed E-state index contributed by atoms with van der Waals surface area (Å²) in [5, 5.41) is 0. The summed E-state index contributed by atoms with van der Waals surface area (Å²) in [6.07, 6.45) is -1.06. The number of methoxy groups -OCH3 is 2. The lowest BCUT2D eigenvalue weighted by atomic mass is 9.74. The predicted molar refractivity (Wildman–Crippen MR) is 144 cm³/mol. The first-order chi connectivity index (χ1) is 18.6. The molecule has 6 rings (SSSR count). The molecule has 4 aromatic carbocycles. The van der Waals surface area contributed by atoms with Gasteiger partial charge < -0.3 is 19.1 Å². The Morgan fingerprint density at radius 3 is 2.13 bits per heavy atom.